The van der Waals surface area contributed by atoms with E-state index in [4.69, 9.17) is 4.52 Å². The number of carbonyl (C=O) groups is 1. The molecule has 1 saturated carbocycles. The summed E-state index contributed by atoms with van der Waals surface area (Å²) in [5.74, 6) is 0.309. The Hall–Kier alpha value is -2.25. The number of halogens is 1. The Labute approximate surface area is 165 Å². The van der Waals surface area contributed by atoms with Crippen LogP contribution in [0.2, 0.25) is 0 Å². The lowest BCUT2D eigenvalue weighted by Crippen LogP contribution is -2.11. The monoisotopic (exact) mass is 445 g/mol. The molecule has 0 unspecified atom stereocenters. The van der Waals surface area contributed by atoms with E-state index in [9.17, 15) is 13.2 Å². The smallest absolute Gasteiger partial charge is 0.198 e. The molecule has 0 aliphatic heterocycles. The molecule has 0 bridgehead atoms. The number of ketones is 1. The third-order valence-corrected chi connectivity index (χ3v) is 6.73. The molecule has 1 aliphatic carbocycles. The number of rotatable bonds is 6. The second-order valence-corrected chi connectivity index (χ2v) is 9.49. The van der Waals surface area contributed by atoms with Crippen LogP contribution < -0.4 is 0 Å². The molecule has 0 atom stereocenters. The molecule has 7 heteroatoms. The SMILES string of the molecule is O=C(c1ccc(Br)cc1CS(=O)(=O)c1ccccc1)c1cnoc1C1CC1. The molecule has 2 aromatic carbocycles. The van der Waals surface area contributed by atoms with Crippen molar-refractivity contribution in [2.45, 2.75) is 29.4 Å². The van der Waals surface area contributed by atoms with Gasteiger partial charge >= 0.3 is 0 Å². The van der Waals surface area contributed by atoms with Crippen molar-refractivity contribution in [1.82, 2.24) is 5.16 Å². The van der Waals surface area contributed by atoms with Crippen LogP contribution in [0.25, 0.3) is 0 Å². The summed E-state index contributed by atoms with van der Waals surface area (Å²) in [7, 11) is -3.58. The highest BCUT2D eigenvalue weighted by atomic mass is 79.9. The van der Waals surface area contributed by atoms with Gasteiger partial charge in [-0.3, -0.25) is 4.79 Å². The van der Waals surface area contributed by atoms with E-state index in [0.717, 1.165) is 12.8 Å². The molecule has 0 amide bonds. The summed E-state index contributed by atoms with van der Waals surface area (Å²) < 4.78 is 31.6. The van der Waals surface area contributed by atoms with Crippen LogP contribution in [0, 0.1) is 0 Å². The minimum absolute atomic E-state index is 0.229. The molecule has 0 N–H and O–H groups in total. The minimum atomic E-state index is -3.58. The van der Waals surface area contributed by atoms with Crippen LogP contribution >= 0.6 is 15.9 Å². The second-order valence-electron chi connectivity index (χ2n) is 6.58. The van der Waals surface area contributed by atoms with Gasteiger partial charge in [0.1, 0.15) is 0 Å². The standard InChI is InChI=1S/C20H16BrNO4S/c21-15-8-9-17(19(23)18-11-22-26-20(18)13-6-7-13)14(10-15)12-27(24,25)16-4-2-1-3-5-16/h1-5,8-11,13H,6-7,12H2. The van der Waals surface area contributed by atoms with E-state index >= 15 is 0 Å². The summed E-state index contributed by atoms with van der Waals surface area (Å²) in [5.41, 5.74) is 1.21. The molecular formula is C20H16BrNO4S. The van der Waals surface area contributed by atoms with E-state index in [-0.39, 0.29) is 22.3 Å². The lowest BCUT2D eigenvalue weighted by atomic mass is 9.99. The molecule has 1 aromatic heterocycles. The number of benzene rings is 2. The molecule has 1 fully saturated rings. The third kappa shape index (κ3) is 3.75. The summed E-state index contributed by atoms with van der Waals surface area (Å²) >= 11 is 3.37. The summed E-state index contributed by atoms with van der Waals surface area (Å²) in [5, 5.41) is 3.78. The lowest BCUT2D eigenvalue weighted by molar-refractivity contribution is 0.103. The van der Waals surface area contributed by atoms with Gasteiger partial charge in [0.2, 0.25) is 0 Å². The fourth-order valence-electron chi connectivity index (χ4n) is 3.02. The highest BCUT2D eigenvalue weighted by molar-refractivity contribution is 9.10. The van der Waals surface area contributed by atoms with E-state index in [2.05, 4.69) is 21.1 Å². The first-order chi connectivity index (χ1) is 13.0. The van der Waals surface area contributed by atoms with Crippen LogP contribution in [0.3, 0.4) is 0 Å². The third-order valence-electron chi connectivity index (χ3n) is 4.55. The van der Waals surface area contributed by atoms with Gasteiger partial charge in [-0.2, -0.15) is 0 Å². The van der Waals surface area contributed by atoms with Crippen LogP contribution in [-0.2, 0) is 15.6 Å². The number of carbonyl (C=O) groups excluding carboxylic acids is 1. The minimum Gasteiger partial charge on any atom is -0.360 e. The quantitative estimate of drug-likeness (QED) is 0.521. The van der Waals surface area contributed by atoms with Gasteiger partial charge < -0.3 is 4.52 Å². The summed E-state index contributed by atoms with van der Waals surface area (Å²) in [6, 6.07) is 13.3. The Kier molecular flexibility index (Phi) is 4.74. The van der Waals surface area contributed by atoms with E-state index in [0.29, 0.717) is 26.9 Å². The largest absolute Gasteiger partial charge is 0.360 e. The zero-order chi connectivity index (χ0) is 19.0. The van der Waals surface area contributed by atoms with Crippen molar-refractivity contribution in [2.75, 3.05) is 0 Å². The van der Waals surface area contributed by atoms with Crippen molar-refractivity contribution in [1.29, 1.82) is 0 Å². The number of hydrogen-bond donors (Lipinski definition) is 0. The highest BCUT2D eigenvalue weighted by Crippen LogP contribution is 2.42. The highest BCUT2D eigenvalue weighted by Gasteiger charge is 2.33. The molecule has 0 saturated heterocycles. The topological polar surface area (TPSA) is 77.2 Å². The fraction of sp³-hybridized carbons (Fsp3) is 0.200. The predicted molar refractivity (Wildman–Crippen MR) is 103 cm³/mol. The normalized spacial score (nSPS) is 14.3. The number of sulfone groups is 1. The van der Waals surface area contributed by atoms with Gasteiger partial charge in [0.05, 0.1) is 22.4 Å². The first kappa shape index (κ1) is 18.1. The first-order valence-electron chi connectivity index (χ1n) is 8.51. The summed E-state index contributed by atoms with van der Waals surface area (Å²) in [4.78, 5) is 13.3. The first-order valence-corrected chi connectivity index (χ1v) is 11.0. The predicted octanol–water partition coefficient (Wildman–Crippen LogP) is 4.52. The van der Waals surface area contributed by atoms with Gasteiger partial charge in [0, 0.05) is 16.0 Å². The van der Waals surface area contributed by atoms with Crippen molar-refractivity contribution in [3.63, 3.8) is 0 Å². The molecule has 0 radical (unpaired) electrons. The summed E-state index contributed by atoms with van der Waals surface area (Å²) in [6.07, 6.45) is 3.38. The zero-order valence-corrected chi connectivity index (χ0v) is 16.7. The van der Waals surface area contributed by atoms with Gasteiger partial charge in [-0.25, -0.2) is 8.42 Å². The Morgan fingerprint density at radius 3 is 2.56 bits per heavy atom. The van der Waals surface area contributed by atoms with Gasteiger partial charge in [-0.1, -0.05) is 39.3 Å². The van der Waals surface area contributed by atoms with Gasteiger partial charge in [-0.05, 0) is 48.7 Å². The molecule has 1 aliphatic rings. The number of hydrogen-bond acceptors (Lipinski definition) is 5. The lowest BCUT2D eigenvalue weighted by Gasteiger charge is -2.10. The Bertz CT molecular complexity index is 1100. The zero-order valence-electron chi connectivity index (χ0n) is 14.3. The van der Waals surface area contributed by atoms with Crippen molar-refractivity contribution < 1.29 is 17.7 Å². The maximum atomic E-state index is 13.1. The van der Waals surface area contributed by atoms with Crippen LogP contribution in [0.5, 0.6) is 0 Å². The van der Waals surface area contributed by atoms with E-state index in [1.807, 2.05) is 0 Å². The Morgan fingerprint density at radius 1 is 1.11 bits per heavy atom. The molecular weight excluding hydrogens is 430 g/mol. The fourth-order valence-corrected chi connectivity index (χ4v) is 4.82. The number of aromatic nitrogens is 1. The maximum Gasteiger partial charge on any atom is 0.198 e. The molecule has 0 spiro atoms. The van der Waals surface area contributed by atoms with Crippen LogP contribution in [-0.4, -0.2) is 19.4 Å². The summed E-state index contributed by atoms with van der Waals surface area (Å²) in [6.45, 7) is 0. The molecule has 138 valence electrons. The average molecular weight is 446 g/mol. The van der Waals surface area contributed by atoms with Gasteiger partial charge in [-0.15, -0.1) is 0 Å². The van der Waals surface area contributed by atoms with Gasteiger partial charge in [0.15, 0.2) is 21.4 Å². The van der Waals surface area contributed by atoms with Crippen molar-refractivity contribution in [3.05, 3.63) is 81.7 Å². The molecule has 4 rings (SSSR count). The number of nitrogens with zero attached hydrogens (tertiary/aromatic N) is 1. The van der Waals surface area contributed by atoms with Crippen molar-refractivity contribution >= 4 is 31.6 Å². The molecule has 27 heavy (non-hydrogen) atoms. The maximum absolute atomic E-state index is 13.1. The Morgan fingerprint density at radius 2 is 1.85 bits per heavy atom. The van der Waals surface area contributed by atoms with Gasteiger partial charge in [0.25, 0.3) is 0 Å². The molecule has 3 aromatic rings. The van der Waals surface area contributed by atoms with E-state index < -0.39 is 9.84 Å². The second kappa shape index (κ2) is 7.05. The Balaban J connectivity index is 1.73. The van der Waals surface area contributed by atoms with Crippen molar-refractivity contribution in [3.8, 4) is 0 Å². The van der Waals surface area contributed by atoms with Crippen LogP contribution in [0.1, 0.15) is 46.0 Å². The van der Waals surface area contributed by atoms with Crippen LogP contribution in [0.15, 0.2) is 68.6 Å². The van der Waals surface area contributed by atoms with Crippen LogP contribution in [0.4, 0.5) is 0 Å². The van der Waals surface area contributed by atoms with E-state index in [1.54, 1.807) is 48.5 Å². The average Bonchev–Trinajstić information content (AvgIpc) is 3.38. The van der Waals surface area contributed by atoms with Crippen molar-refractivity contribution in [2.24, 2.45) is 0 Å². The molecule has 5 nitrogen and oxygen atoms in total. The van der Waals surface area contributed by atoms with E-state index in [1.165, 1.54) is 6.20 Å². The molecule has 1 heterocycles.